The minimum absolute atomic E-state index is 0.321. The lowest BCUT2D eigenvalue weighted by molar-refractivity contribution is 0.316. The predicted octanol–water partition coefficient (Wildman–Crippen LogP) is 3.31. The lowest BCUT2D eigenvalue weighted by Crippen LogP contribution is -2.10. The van der Waals surface area contributed by atoms with E-state index in [4.69, 9.17) is 10.9 Å². The number of oxime groups is 1. The molecular formula is C13H20N2OS. The third kappa shape index (κ3) is 5.13. The van der Waals surface area contributed by atoms with Gasteiger partial charge in [0.15, 0.2) is 0 Å². The lowest BCUT2D eigenvalue weighted by atomic mass is 10.2. The van der Waals surface area contributed by atoms with Crippen molar-refractivity contribution in [3.8, 4) is 0 Å². The molecule has 4 heteroatoms. The van der Waals surface area contributed by atoms with E-state index in [0.29, 0.717) is 12.3 Å². The van der Waals surface area contributed by atoms with Crippen molar-refractivity contribution in [3.05, 3.63) is 29.3 Å². The summed E-state index contributed by atoms with van der Waals surface area (Å²) in [5.41, 5.74) is 8.03. The maximum Gasteiger partial charge on any atom is 0.139 e. The lowest BCUT2D eigenvalue weighted by Gasteiger charge is -2.06. The first kappa shape index (κ1) is 13.9. The Morgan fingerprint density at radius 3 is 2.82 bits per heavy atom. The van der Waals surface area contributed by atoms with Gasteiger partial charge in [-0.2, -0.15) is 0 Å². The molecule has 1 rings (SSSR count). The van der Waals surface area contributed by atoms with E-state index in [0.717, 1.165) is 18.6 Å². The number of benzene rings is 1. The molecule has 0 aliphatic rings. The third-order valence-electron chi connectivity index (χ3n) is 2.56. The highest BCUT2D eigenvalue weighted by atomic mass is 32.2. The number of nitrogens with two attached hydrogens (primary N) is 1. The number of unbranched alkanes of at least 4 members (excludes halogenated alkanes) is 1. The molecule has 0 saturated carbocycles. The second kappa shape index (κ2) is 7.22. The van der Waals surface area contributed by atoms with Crippen LogP contribution < -0.4 is 5.73 Å². The Hall–Kier alpha value is -1.16. The Morgan fingerprint density at radius 2 is 2.12 bits per heavy atom. The van der Waals surface area contributed by atoms with Gasteiger partial charge in [-0.3, -0.25) is 0 Å². The van der Waals surface area contributed by atoms with Crippen LogP contribution in [0, 0.1) is 13.8 Å². The SMILES string of the molecule is Cc1ccc(C)c(SCCCCC(N)=NO)c1. The molecule has 17 heavy (non-hydrogen) atoms. The van der Waals surface area contributed by atoms with Gasteiger partial charge in [0.1, 0.15) is 5.84 Å². The standard InChI is InChI=1S/C13H20N2OS/c1-10-6-7-11(2)12(9-10)17-8-4-3-5-13(14)15-16/h6-7,9,16H,3-5,8H2,1-2H3,(H2,14,15). The largest absolute Gasteiger partial charge is 0.409 e. The molecule has 0 heterocycles. The van der Waals surface area contributed by atoms with E-state index in [9.17, 15) is 0 Å². The Labute approximate surface area is 107 Å². The van der Waals surface area contributed by atoms with Crippen molar-refractivity contribution in [2.24, 2.45) is 10.9 Å². The fraction of sp³-hybridized carbons (Fsp3) is 0.462. The van der Waals surface area contributed by atoms with Gasteiger partial charge in [0.25, 0.3) is 0 Å². The highest BCUT2D eigenvalue weighted by molar-refractivity contribution is 7.99. The monoisotopic (exact) mass is 252 g/mol. The number of nitrogens with zero attached hydrogens (tertiary/aromatic N) is 1. The number of aryl methyl sites for hydroxylation is 2. The molecule has 3 N–H and O–H groups in total. The average Bonchev–Trinajstić information content (AvgIpc) is 2.32. The van der Waals surface area contributed by atoms with Gasteiger partial charge in [-0.25, -0.2) is 0 Å². The van der Waals surface area contributed by atoms with Crippen LogP contribution in [0.3, 0.4) is 0 Å². The van der Waals surface area contributed by atoms with Crippen LogP contribution in [-0.2, 0) is 0 Å². The molecule has 0 aromatic heterocycles. The van der Waals surface area contributed by atoms with Gasteiger partial charge < -0.3 is 10.9 Å². The molecule has 1 aromatic rings. The van der Waals surface area contributed by atoms with E-state index in [-0.39, 0.29) is 0 Å². The van der Waals surface area contributed by atoms with Crippen LogP contribution >= 0.6 is 11.8 Å². The summed E-state index contributed by atoms with van der Waals surface area (Å²) >= 11 is 1.88. The minimum atomic E-state index is 0.321. The van der Waals surface area contributed by atoms with Gasteiger partial charge in [0, 0.05) is 11.3 Å². The van der Waals surface area contributed by atoms with Crippen LogP contribution in [-0.4, -0.2) is 16.8 Å². The molecule has 1 aromatic carbocycles. The number of thioether (sulfide) groups is 1. The molecule has 0 fully saturated rings. The van der Waals surface area contributed by atoms with Crippen LogP contribution in [0.25, 0.3) is 0 Å². The normalized spacial score (nSPS) is 11.8. The maximum atomic E-state index is 8.39. The van der Waals surface area contributed by atoms with Crippen molar-refractivity contribution in [2.75, 3.05) is 5.75 Å². The number of rotatable bonds is 6. The van der Waals surface area contributed by atoms with E-state index in [1.165, 1.54) is 16.0 Å². The molecule has 0 aliphatic carbocycles. The molecule has 0 amide bonds. The molecule has 3 nitrogen and oxygen atoms in total. The molecule has 0 radical (unpaired) electrons. The minimum Gasteiger partial charge on any atom is -0.409 e. The predicted molar refractivity (Wildman–Crippen MR) is 73.9 cm³/mol. The van der Waals surface area contributed by atoms with Crippen LogP contribution in [0.2, 0.25) is 0 Å². The quantitative estimate of drug-likeness (QED) is 0.204. The van der Waals surface area contributed by atoms with E-state index in [1.807, 2.05) is 11.8 Å². The fourth-order valence-corrected chi connectivity index (χ4v) is 2.64. The van der Waals surface area contributed by atoms with Crippen LogP contribution in [0.5, 0.6) is 0 Å². The zero-order chi connectivity index (χ0) is 12.7. The topological polar surface area (TPSA) is 58.6 Å². The molecule has 0 aliphatic heterocycles. The Morgan fingerprint density at radius 1 is 1.35 bits per heavy atom. The highest BCUT2D eigenvalue weighted by Gasteiger charge is 2.00. The maximum absolute atomic E-state index is 8.39. The van der Waals surface area contributed by atoms with Gasteiger partial charge in [-0.05, 0) is 44.1 Å². The van der Waals surface area contributed by atoms with Crippen molar-refractivity contribution in [1.82, 2.24) is 0 Å². The van der Waals surface area contributed by atoms with Crippen LogP contribution in [0.1, 0.15) is 30.4 Å². The van der Waals surface area contributed by atoms with Crippen LogP contribution in [0.4, 0.5) is 0 Å². The Balaban J connectivity index is 2.29. The van der Waals surface area contributed by atoms with E-state index >= 15 is 0 Å². The van der Waals surface area contributed by atoms with Crippen molar-refractivity contribution >= 4 is 17.6 Å². The summed E-state index contributed by atoms with van der Waals surface area (Å²) in [7, 11) is 0. The number of hydrogen-bond donors (Lipinski definition) is 2. The zero-order valence-corrected chi connectivity index (χ0v) is 11.3. The Bertz CT molecular complexity index is 391. The van der Waals surface area contributed by atoms with Crippen molar-refractivity contribution < 1.29 is 5.21 Å². The van der Waals surface area contributed by atoms with Gasteiger partial charge in [-0.1, -0.05) is 22.9 Å². The fourth-order valence-electron chi connectivity index (χ4n) is 1.50. The summed E-state index contributed by atoms with van der Waals surface area (Å²) < 4.78 is 0. The first-order valence-corrected chi connectivity index (χ1v) is 6.78. The molecule has 0 spiro atoms. The van der Waals surface area contributed by atoms with Gasteiger partial charge in [0.05, 0.1) is 0 Å². The molecule has 0 unspecified atom stereocenters. The molecular weight excluding hydrogens is 232 g/mol. The smallest absolute Gasteiger partial charge is 0.139 e. The van der Waals surface area contributed by atoms with Gasteiger partial charge >= 0.3 is 0 Å². The zero-order valence-electron chi connectivity index (χ0n) is 10.4. The van der Waals surface area contributed by atoms with Crippen molar-refractivity contribution in [1.29, 1.82) is 0 Å². The first-order valence-electron chi connectivity index (χ1n) is 5.80. The second-order valence-corrected chi connectivity index (χ2v) is 5.30. The summed E-state index contributed by atoms with van der Waals surface area (Å²) in [5, 5.41) is 11.4. The molecule has 94 valence electrons. The summed E-state index contributed by atoms with van der Waals surface area (Å²) in [5.74, 6) is 1.39. The number of hydrogen-bond acceptors (Lipinski definition) is 3. The van der Waals surface area contributed by atoms with Gasteiger partial charge in [-0.15, -0.1) is 11.8 Å². The first-order chi connectivity index (χ1) is 8.13. The molecule has 0 saturated heterocycles. The number of amidine groups is 1. The average molecular weight is 252 g/mol. The van der Waals surface area contributed by atoms with Crippen molar-refractivity contribution in [3.63, 3.8) is 0 Å². The summed E-state index contributed by atoms with van der Waals surface area (Å²) in [6.07, 6.45) is 2.71. The van der Waals surface area contributed by atoms with E-state index in [2.05, 4.69) is 37.2 Å². The molecule has 0 bridgehead atoms. The van der Waals surface area contributed by atoms with E-state index in [1.54, 1.807) is 0 Å². The highest BCUT2D eigenvalue weighted by Crippen LogP contribution is 2.24. The summed E-state index contributed by atoms with van der Waals surface area (Å²) in [4.78, 5) is 1.36. The van der Waals surface area contributed by atoms with E-state index < -0.39 is 0 Å². The summed E-state index contributed by atoms with van der Waals surface area (Å²) in [6, 6.07) is 6.52. The van der Waals surface area contributed by atoms with Crippen LogP contribution in [0.15, 0.2) is 28.3 Å². The van der Waals surface area contributed by atoms with Crippen molar-refractivity contribution in [2.45, 2.75) is 38.0 Å². The second-order valence-electron chi connectivity index (χ2n) is 4.17. The third-order valence-corrected chi connectivity index (χ3v) is 3.80. The molecule has 0 atom stereocenters. The van der Waals surface area contributed by atoms with Gasteiger partial charge in [0.2, 0.25) is 0 Å². The summed E-state index contributed by atoms with van der Waals surface area (Å²) in [6.45, 7) is 4.25. The Kier molecular flexibility index (Phi) is 5.91.